The number of phenols is 1. The first kappa shape index (κ1) is 13.5. The van der Waals surface area contributed by atoms with Crippen molar-refractivity contribution in [3.05, 3.63) is 59.7 Å². The van der Waals surface area contributed by atoms with E-state index >= 15 is 0 Å². The minimum Gasteiger partial charge on any atom is -0.508 e. The summed E-state index contributed by atoms with van der Waals surface area (Å²) < 4.78 is 0. The molecule has 19 heavy (non-hydrogen) atoms. The third kappa shape index (κ3) is 3.76. The average Bonchev–Trinajstić information content (AvgIpc) is 2.42. The molecule has 1 amide bonds. The lowest BCUT2D eigenvalue weighted by molar-refractivity contribution is 0.102. The van der Waals surface area contributed by atoms with E-state index in [9.17, 15) is 9.90 Å². The number of phenolic OH excluding ortho intramolecular Hbond substituents is 1. The molecule has 0 aliphatic heterocycles. The fourth-order valence-corrected chi connectivity index (χ4v) is 2.19. The number of hydrogen-bond donors (Lipinski definition) is 2. The first-order valence-electron chi connectivity index (χ1n) is 5.87. The van der Waals surface area contributed by atoms with E-state index in [1.54, 1.807) is 23.9 Å². The first-order valence-corrected chi connectivity index (χ1v) is 7.26. The van der Waals surface area contributed by atoms with E-state index in [2.05, 4.69) is 5.32 Å². The van der Waals surface area contributed by atoms with E-state index in [-0.39, 0.29) is 11.7 Å². The second kappa shape index (κ2) is 6.29. The molecule has 0 fully saturated rings. The highest BCUT2D eigenvalue weighted by Crippen LogP contribution is 2.15. The van der Waals surface area contributed by atoms with E-state index in [0.29, 0.717) is 11.3 Å². The molecule has 0 aliphatic carbocycles. The molecule has 2 aromatic rings. The molecular formula is C15H15NO2S. The minimum absolute atomic E-state index is 0.151. The Morgan fingerprint density at radius 3 is 2.32 bits per heavy atom. The summed E-state index contributed by atoms with van der Waals surface area (Å²) in [7, 11) is 0. The van der Waals surface area contributed by atoms with Gasteiger partial charge in [-0.05, 0) is 48.2 Å². The Balaban J connectivity index is 2.05. The summed E-state index contributed by atoms with van der Waals surface area (Å²) in [5.41, 5.74) is 2.49. The normalized spacial score (nSPS) is 10.2. The molecule has 0 heterocycles. The summed E-state index contributed by atoms with van der Waals surface area (Å²) in [5, 5.41) is 12.0. The fourth-order valence-electron chi connectivity index (χ4n) is 1.67. The summed E-state index contributed by atoms with van der Waals surface area (Å²) in [6, 6.07) is 14.0. The lowest BCUT2D eigenvalue weighted by Crippen LogP contribution is -2.11. The van der Waals surface area contributed by atoms with Crippen molar-refractivity contribution in [2.75, 3.05) is 11.6 Å². The second-order valence-electron chi connectivity index (χ2n) is 4.13. The minimum atomic E-state index is -0.151. The number of carbonyl (C=O) groups excluding carboxylic acids is 1. The van der Waals surface area contributed by atoms with Crippen molar-refractivity contribution in [3.8, 4) is 5.75 Å². The predicted octanol–water partition coefficient (Wildman–Crippen LogP) is 3.51. The number of thioether (sulfide) groups is 1. The molecule has 0 aliphatic rings. The van der Waals surface area contributed by atoms with Crippen molar-refractivity contribution in [1.82, 2.24) is 0 Å². The van der Waals surface area contributed by atoms with Gasteiger partial charge in [0.25, 0.3) is 5.91 Å². The second-order valence-corrected chi connectivity index (χ2v) is 5.00. The van der Waals surface area contributed by atoms with Crippen LogP contribution in [0.3, 0.4) is 0 Å². The van der Waals surface area contributed by atoms with Gasteiger partial charge >= 0.3 is 0 Å². The van der Waals surface area contributed by atoms with Gasteiger partial charge in [-0.15, -0.1) is 0 Å². The van der Waals surface area contributed by atoms with E-state index < -0.39 is 0 Å². The zero-order valence-electron chi connectivity index (χ0n) is 10.6. The third-order valence-corrected chi connectivity index (χ3v) is 3.27. The molecule has 2 aromatic carbocycles. The van der Waals surface area contributed by atoms with Crippen LogP contribution in [0, 0.1) is 0 Å². The van der Waals surface area contributed by atoms with E-state index in [4.69, 9.17) is 0 Å². The van der Waals surface area contributed by atoms with Crippen LogP contribution in [0.1, 0.15) is 15.9 Å². The van der Waals surface area contributed by atoms with Crippen LogP contribution in [0.15, 0.2) is 48.5 Å². The Morgan fingerprint density at radius 2 is 1.74 bits per heavy atom. The van der Waals surface area contributed by atoms with Gasteiger partial charge in [0.1, 0.15) is 5.75 Å². The van der Waals surface area contributed by atoms with Gasteiger partial charge < -0.3 is 10.4 Å². The van der Waals surface area contributed by atoms with Gasteiger partial charge in [0.2, 0.25) is 0 Å². The number of nitrogens with one attached hydrogen (secondary N) is 1. The summed E-state index contributed by atoms with van der Waals surface area (Å²) in [5.74, 6) is 0.973. The molecule has 3 nitrogen and oxygen atoms in total. The van der Waals surface area contributed by atoms with E-state index in [1.165, 1.54) is 17.7 Å². The number of carbonyl (C=O) groups is 1. The smallest absolute Gasteiger partial charge is 0.255 e. The molecule has 4 heteroatoms. The molecule has 98 valence electrons. The van der Waals surface area contributed by atoms with Crippen molar-refractivity contribution in [1.29, 1.82) is 0 Å². The molecule has 0 saturated heterocycles. The van der Waals surface area contributed by atoms with Gasteiger partial charge in [0, 0.05) is 17.0 Å². The molecule has 0 atom stereocenters. The molecule has 2 N–H and O–H groups in total. The summed E-state index contributed by atoms with van der Waals surface area (Å²) in [6.07, 6.45) is 2.05. The Morgan fingerprint density at radius 1 is 1.11 bits per heavy atom. The molecule has 2 rings (SSSR count). The van der Waals surface area contributed by atoms with E-state index in [1.807, 2.05) is 30.5 Å². The highest BCUT2D eigenvalue weighted by atomic mass is 32.2. The lowest BCUT2D eigenvalue weighted by Gasteiger charge is -2.06. The lowest BCUT2D eigenvalue weighted by atomic mass is 10.1. The predicted molar refractivity (Wildman–Crippen MR) is 79.7 cm³/mol. The first-order chi connectivity index (χ1) is 9.19. The number of aromatic hydroxyl groups is 1. The monoisotopic (exact) mass is 273 g/mol. The number of rotatable bonds is 4. The molecular weight excluding hydrogens is 258 g/mol. The number of benzene rings is 2. The van der Waals surface area contributed by atoms with Crippen LogP contribution in [-0.4, -0.2) is 17.3 Å². The quantitative estimate of drug-likeness (QED) is 0.838. The summed E-state index contributed by atoms with van der Waals surface area (Å²) in [6.45, 7) is 0. The summed E-state index contributed by atoms with van der Waals surface area (Å²) >= 11 is 1.75. The van der Waals surface area contributed by atoms with Crippen LogP contribution in [0.25, 0.3) is 0 Å². The highest BCUT2D eigenvalue weighted by molar-refractivity contribution is 7.97. The van der Waals surface area contributed by atoms with Crippen LogP contribution in [0.5, 0.6) is 5.75 Å². The topological polar surface area (TPSA) is 49.3 Å². The largest absolute Gasteiger partial charge is 0.508 e. The molecule has 0 bridgehead atoms. The Hall–Kier alpha value is -1.94. The SMILES string of the molecule is CSCc1ccc(C(=O)Nc2ccc(O)cc2)cc1. The van der Waals surface area contributed by atoms with Crippen LogP contribution < -0.4 is 5.32 Å². The molecule has 0 radical (unpaired) electrons. The Kier molecular flexibility index (Phi) is 4.47. The van der Waals surface area contributed by atoms with Crippen LogP contribution in [0.4, 0.5) is 5.69 Å². The Bertz CT molecular complexity index is 549. The zero-order valence-corrected chi connectivity index (χ0v) is 11.4. The Labute approximate surface area is 116 Å². The van der Waals surface area contributed by atoms with Crippen molar-refractivity contribution in [2.45, 2.75) is 5.75 Å². The maximum Gasteiger partial charge on any atom is 0.255 e. The average molecular weight is 273 g/mol. The number of anilines is 1. The van der Waals surface area contributed by atoms with Crippen molar-refractivity contribution in [3.63, 3.8) is 0 Å². The van der Waals surface area contributed by atoms with Crippen LogP contribution >= 0.6 is 11.8 Å². The number of hydrogen-bond acceptors (Lipinski definition) is 3. The highest BCUT2D eigenvalue weighted by Gasteiger charge is 2.05. The van der Waals surface area contributed by atoms with Gasteiger partial charge in [0.15, 0.2) is 0 Å². The van der Waals surface area contributed by atoms with Crippen LogP contribution in [0.2, 0.25) is 0 Å². The zero-order chi connectivity index (χ0) is 13.7. The third-order valence-electron chi connectivity index (χ3n) is 2.65. The fraction of sp³-hybridized carbons (Fsp3) is 0.133. The molecule has 0 spiro atoms. The van der Waals surface area contributed by atoms with Crippen molar-refractivity contribution in [2.24, 2.45) is 0 Å². The maximum atomic E-state index is 12.0. The van der Waals surface area contributed by atoms with Gasteiger partial charge in [-0.2, -0.15) is 11.8 Å². The maximum absolute atomic E-state index is 12.0. The number of amides is 1. The van der Waals surface area contributed by atoms with Crippen LogP contribution in [-0.2, 0) is 5.75 Å². The van der Waals surface area contributed by atoms with Gasteiger partial charge in [-0.25, -0.2) is 0 Å². The van der Waals surface area contributed by atoms with Crippen molar-refractivity contribution >= 4 is 23.4 Å². The molecule has 0 saturated carbocycles. The molecule has 0 aromatic heterocycles. The van der Waals surface area contributed by atoms with Gasteiger partial charge in [-0.3, -0.25) is 4.79 Å². The van der Waals surface area contributed by atoms with E-state index in [0.717, 1.165) is 5.75 Å². The van der Waals surface area contributed by atoms with Crippen molar-refractivity contribution < 1.29 is 9.90 Å². The van der Waals surface area contributed by atoms with Gasteiger partial charge in [0.05, 0.1) is 0 Å². The van der Waals surface area contributed by atoms with Gasteiger partial charge in [-0.1, -0.05) is 12.1 Å². The summed E-state index contributed by atoms with van der Waals surface area (Å²) in [4.78, 5) is 12.0. The molecule has 0 unspecified atom stereocenters. The standard InChI is InChI=1S/C15H15NO2S/c1-19-10-11-2-4-12(5-3-11)15(18)16-13-6-8-14(17)9-7-13/h2-9,17H,10H2,1H3,(H,16,18).